The highest BCUT2D eigenvalue weighted by Gasteiger charge is 2.33. The third-order valence-electron chi connectivity index (χ3n) is 2.97. The zero-order valence-corrected chi connectivity index (χ0v) is 9.33. The van der Waals surface area contributed by atoms with Crippen molar-refractivity contribution < 1.29 is 0 Å². The topological polar surface area (TPSA) is 0 Å². The molecule has 0 spiro atoms. The molecular weight excluding hydrogens is 172 g/mol. The summed E-state index contributed by atoms with van der Waals surface area (Å²) >= 11 is 0. The van der Waals surface area contributed by atoms with Gasteiger partial charge in [0.05, 0.1) is 8.07 Å². The Morgan fingerprint density at radius 1 is 1.15 bits per heavy atom. The standard InChI is InChI=1S/C12H16Si/c1-13(2)10-6-9-12(13)11-7-4-3-5-8-11/h3-9,12H,10H2,1-2H3. The summed E-state index contributed by atoms with van der Waals surface area (Å²) in [7, 11) is -1.02. The van der Waals surface area contributed by atoms with Crippen LogP contribution in [-0.2, 0) is 0 Å². The first kappa shape index (κ1) is 8.76. The third-order valence-corrected chi connectivity index (χ3v) is 6.47. The minimum atomic E-state index is -1.02. The number of allylic oxidation sites excluding steroid dienone is 2. The van der Waals surface area contributed by atoms with Crippen molar-refractivity contribution in [3.63, 3.8) is 0 Å². The molecule has 0 saturated heterocycles. The molecule has 0 fully saturated rings. The second-order valence-corrected chi connectivity index (χ2v) is 9.52. The molecule has 0 saturated carbocycles. The van der Waals surface area contributed by atoms with Gasteiger partial charge in [0.2, 0.25) is 0 Å². The van der Waals surface area contributed by atoms with E-state index in [1.54, 1.807) is 0 Å². The predicted octanol–water partition coefficient (Wildman–Crippen LogP) is 3.59. The lowest BCUT2D eigenvalue weighted by Crippen LogP contribution is -2.29. The second-order valence-electron chi connectivity index (χ2n) is 4.51. The molecule has 0 bridgehead atoms. The summed E-state index contributed by atoms with van der Waals surface area (Å²) in [6.07, 6.45) is 4.77. The van der Waals surface area contributed by atoms with Crippen LogP contribution in [0, 0.1) is 0 Å². The lowest BCUT2D eigenvalue weighted by atomic mass is 10.1. The molecule has 0 amide bonds. The van der Waals surface area contributed by atoms with Crippen molar-refractivity contribution in [2.24, 2.45) is 0 Å². The SMILES string of the molecule is C[Si]1(C)CC=CC1c1ccccc1. The van der Waals surface area contributed by atoms with E-state index in [0.29, 0.717) is 0 Å². The Labute approximate surface area is 81.3 Å². The van der Waals surface area contributed by atoms with E-state index in [2.05, 4.69) is 55.6 Å². The smallest absolute Gasteiger partial charge is 0.0632 e. The molecule has 2 rings (SSSR count). The van der Waals surface area contributed by atoms with Gasteiger partial charge in [-0.25, -0.2) is 0 Å². The first-order chi connectivity index (χ1) is 6.20. The van der Waals surface area contributed by atoms with Crippen LogP contribution in [0.5, 0.6) is 0 Å². The fraction of sp³-hybridized carbons (Fsp3) is 0.333. The molecule has 1 heterocycles. The van der Waals surface area contributed by atoms with Gasteiger partial charge in [-0.15, -0.1) is 0 Å². The molecule has 68 valence electrons. The van der Waals surface area contributed by atoms with E-state index < -0.39 is 8.07 Å². The predicted molar refractivity (Wildman–Crippen MR) is 60.6 cm³/mol. The van der Waals surface area contributed by atoms with Crippen molar-refractivity contribution in [2.45, 2.75) is 24.7 Å². The van der Waals surface area contributed by atoms with Crippen molar-refractivity contribution in [3.8, 4) is 0 Å². The number of benzene rings is 1. The first-order valence-corrected chi connectivity index (χ1v) is 8.20. The summed E-state index contributed by atoms with van der Waals surface area (Å²) in [5.41, 5.74) is 2.25. The van der Waals surface area contributed by atoms with E-state index in [4.69, 9.17) is 0 Å². The van der Waals surface area contributed by atoms with Crippen LogP contribution < -0.4 is 0 Å². The van der Waals surface area contributed by atoms with Crippen molar-refractivity contribution in [1.29, 1.82) is 0 Å². The summed E-state index contributed by atoms with van der Waals surface area (Å²) in [5, 5.41) is 0. The van der Waals surface area contributed by atoms with E-state index in [9.17, 15) is 0 Å². The molecule has 1 aliphatic rings. The normalized spacial score (nSPS) is 24.9. The van der Waals surface area contributed by atoms with Crippen molar-refractivity contribution in [1.82, 2.24) is 0 Å². The summed E-state index contributed by atoms with van der Waals surface area (Å²) in [6, 6.07) is 12.2. The quantitative estimate of drug-likeness (QED) is 0.467. The molecule has 0 nitrogen and oxygen atoms in total. The van der Waals surface area contributed by atoms with E-state index in [-0.39, 0.29) is 0 Å². The molecule has 1 heteroatoms. The third kappa shape index (κ3) is 1.61. The molecule has 0 radical (unpaired) electrons. The van der Waals surface area contributed by atoms with Gasteiger partial charge in [-0.2, -0.15) is 0 Å². The van der Waals surface area contributed by atoms with Crippen molar-refractivity contribution in [2.75, 3.05) is 0 Å². The van der Waals surface area contributed by atoms with Crippen LogP contribution in [0.3, 0.4) is 0 Å². The summed E-state index contributed by atoms with van der Waals surface area (Å²) in [5.74, 6) is 0. The summed E-state index contributed by atoms with van der Waals surface area (Å²) in [4.78, 5) is 0. The fourth-order valence-electron chi connectivity index (χ4n) is 2.12. The molecule has 1 atom stereocenters. The highest BCUT2D eigenvalue weighted by atomic mass is 28.3. The molecule has 0 aliphatic carbocycles. The summed E-state index contributed by atoms with van der Waals surface area (Å²) < 4.78 is 0. The van der Waals surface area contributed by atoms with Gasteiger partial charge < -0.3 is 0 Å². The Balaban J connectivity index is 2.32. The van der Waals surface area contributed by atoms with Gasteiger partial charge in [0.15, 0.2) is 0 Å². The first-order valence-electron chi connectivity index (χ1n) is 4.92. The molecule has 1 unspecified atom stereocenters. The Kier molecular flexibility index (Phi) is 2.12. The van der Waals surface area contributed by atoms with Gasteiger partial charge in [-0.3, -0.25) is 0 Å². The highest BCUT2D eigenvalue weighted by molar-refractivity contribution is 6.80. The maximum atomic E-state index is 2.48. The Morgan fingerprint density at radius 2 is 1.85 bits per heavy atom. The maximum absolute atomic E-state index is 2.48. The maximum Gasteiger partial charge on any atom is 0.0632 e. The molecule has 1 aliphatic heterocycles. The Bertz CT molecular complexity index is 311. The van der Waals surface area contributed by atoms with Gasteiger partial charge in [0.25, 0.3) is 0 Å². The zero-order valence-electron chi connectivity index (χ0n) is 8.33. The number of hydrogen-bond acceptors (Lipinski definition) is 0. The van der Waals surface area contributed by atoms with Crippen LogP contribution in [0.15, 0.2) is 42.5 Å². The summed E-state index contributed by atoms with van der Waals surface area (Å²) in [6.45, 7) is 4.95. The van der Waals surface area contributed by atoms with Gasteiger partial charge >= 0.3 is 0 Å². The van der Waals surface area contributed by atoms with Crippen LogP contribution >= 0.6 is 0 Å². The van der Waals surface area contributed by atoms with Gasteiger partial charge in [0.1, 0.15) is 0 Å². The van der Waals surface area contributed by atoms with Gasteiger partial charge in [-0.1, -0.05) is 55.6 Å². The van der Waals surface area contributed by atoms with Crippen molar-refractivity contribution >= 4 is 8.07 Å². The van der Waals surface area contributed by atoms with Crippen LogP contribution in [0.25, 0.3) is 0 Å². The molecular formula is C12H16Si. The minimum Gasteiger partial charge on any atom is -0.0908 e. The zero-order chi connectivity index (χ0) is 9.31. The number of rotatable bonds is 1. The molecule has 13 heavy (non-hydrogen) atoms. The van der Waals surface area contributed by atoms with E-state index in [1.807, 2.05) is 0 Å². The lowest BCUT2D eigenvalue weighted by Gasteiger charge is -2.24. The Hall–Kier alpha value is -0.823. The van der Waals surface area contributed by atoms with E-state index in [1.165, 1.54) is 11.6 Å². The average Bonchev–Trinajstić information content (AvgIpc) is 2.47. The average molecular weight is 188 g/mol. The van der Waals surface area contributed by atoms with Crippen LogP contribution in [-0.4, -0.2) is 8.07 Å². The van der Waals surface area contributed by atoms with Crippen LogP contribution in [0.4, 0.5) is 0 Å². The van der Waals surface area contributed by atoms with Crippen LogP contribution in [0.2, 0.25) is 19.1 Å². The van der Waals surface area contributed by atoms with Gasteiger partial charge in [-0.05, 0) is 17.1 Å². The molecule has 0 N–H and O–H groups in total. The van der Waals surface area contributed by atoms with Gasteiger partial charge in [0, 0.05) is 0 Å². The van der Waals surface area contributed by atoms with E-state index in [0.717, 1.165) is 5.54 Å². The van der Waals surface area contributed by atoms with Crippen molar-refractivity contribution in [3.05, 3.63) is 48.0 Å². The second kappa shape index (κ2) is 3.15. The molecule has 0 aromatic heterocycles. The Morgan fingerprint density at radius 3 is 2.38 bits per heavy atom. The molecule has 1 aromatic rings. The fourth-order valence-corrected chi connectivity index (χ4v) is 4.87. The van der Waals surface area contributed by atoms with Crippen LogP contribution in [0.1, 0.15) is 11.1 Å². The highest BCUT2D eigenvalue weighted by Crippen LogP contribution is 2.36. The number of hydrogen-bond donors (Lipinski definition) is 0. The van der Waals surface area contributed by atoms with E-state index >= 15 is 0 Å². The molecule has 1 aromatic carbocycles. The minimum absolute atomic E-state index is 0.744. The largest absolute Gasteiger partial charge is 0.0908 e. The lowest BCUT2D eigenvalue weighted by molar-refractivity contribution is 1.16. The monoisotopic (exact) mass is 188 g/mol.